The molecule has 1 aliphatic carbocycles. The van der Waals surface area contributed by atoms with Gasteiger partial charge in [0, 0.05) is 12.6 Å². The Kier molecular flexibility index (Phi) is 6.80. The van der Waals surface area contributed by atoms with Gasteiger partial charge >= 0.3 is 5.97 Å². The first kappa shape index (κ1) is 16.4. The Morgan fingerprint density at radius 3 is 2.42 bits per heavy atom. The molecule has 0 unspecified atom stereocenters. The van der Waals surface area contributed by atoms with Gasteiger partial charge < -0.3 is 10.5 Å². The third-order valence-electron chi connectivity index (χ3n) is 3.49. The summed E-state index contributed by atoms with van der Waals surface area (Å²) in [6, 6.07) is 0.535. The van der Waals surface area contributed by atoms with Crippen molar-refractivity contribution in [1.29, 1.82) is 0 Å². The maximum absolute atomic E-state index is 12.0. The number of esters is 1. The maximum atomic E-state index is 12.0. The summed E-state index contributed by atoms with van der Waals surface area (Å²) in [7, 11) is 0. The zero-order chi connectivity index (χ0) is 14.3. The molecule has 1 fully saturated rings. The van der Waals surface area contributed by atoms with Gasteiger partial charge in [0.25, 0.3) is 0 Å². The summed E-state index contributed by atoms with van der Waals surface area (Å²) in [5, 5.41) is 0. The molecule has 0 amide bonds. The van der Waals surface area contributed by atoms with Gasteiger partial charge in [0.15, 0.2) is 0 Å². The van der Waals surface area contributed by atoms with Gasteiger partial charge in [-0.3, -0.25) is 9.69 Å². The Hall–Kier alpha value is -0.610. The van der Waals surface area contributed by atoms with Crippen LogP contribution in [0.2, 0.25) is 0 Å². The fourth-order valence-electron chi connectivity index (χ4n) is 2.67. The molecular weight excluding hydrogens is 240 g/mol. The Bertz CT molecular complexity index is 268. The highest BCUT2D eigenvalue weighted by atomic mass is 16.6. The molecule has 0 aromatic carbocycles. The first-order valence-corrected chi connectivity index (χ1v) is 7.58. The number of nitrogens with two attached hydrogens (primary N) is 1. The molecule has 112 valence electrons. The van der Waals surface area contributed by atoms with Crippen molar-refractivity contribution in [2.75, 3.05) is 19.6 Å². The van der Waals surface area contributed by atoms with E-state index in [-0.39, 0.29) is 5.97 Å². The molecule has 1 saturated carbocycles. The topological polar surface area (TPSA) is 55.6 Å². The van der Waals surface area contributed by atoms with Crippen molar-refractivity contribution < 1.29 is 9.53 Å². The second kappa shape index (κ2) is 7.85. The number of hydrogen-bond donors (Lipinski definition) is 1. The summed E-state index contributed by atoms with van der Waals surface area (Å²) < 4.78 is 5.43. The Morgan fingerprint density at radius 1 is 1.26 bits per heavy atom. The molecule has 0 radical (unpaired) electrons. The van der Waals surface area contributed by atoms with Crippen LogP contribution >= 0.6 is 0 Å². The molecule has 0 bridgehead atoms. The standard InChI is InChI=1S/C15H30N2O2/c1-15(2,3)19-14(18)12-17(11-7-10-16)13-8-5-4-6-9-13/h13H,4-12,16H2,1-3H3. The Labute approximate surface area is 117 Å². The second-order valence-corrected chi connectivity index (χ2v) is 6.49. The van der Waals surface area contributed by atoms with Crippen molar-refractivity contribution in [1.82, 2.24) is 4.90 Å². The van der Waals surface area contributed by atoms with Gasteiger partial charge in [-0.05, 0) is 46.6 Å². The van der Waals surface area contributed by atoms with Crippen LogP contribution in [0.4, 0.5) is 0 Å². The lowest BCUT2D eigenvalue weighted by molar-refractivity contribution is -0.157. The molecule has 0 aromatic rings. The molecule has 4 heteroatoms. The van der Waals surface area contributed by atoms with Crippen molar-refractivity contribution in [3.05, 3.63) is 0 Å². The largest absolute Gasteiger partial charge is 0.459 e. The van der Waals surface area contributed by atoms with Gasteiger partial charge in [0.2, 0.25) is 0 Å². The second-order valence-electron chi connectivity index (χ2n) is 6.49. The van der Waals surface area contributed by atoms with Gasteiger partial charge in [-0.25, -0.2) is 0 Å². The predicted octanol–water partition coefficient (Wildman–Crippen LogP) is 2.31. The van der Waals surface area contributed by atoms with Crippen LogP contribution in [0.1, 0.15) is 59.3 Å². The van der Waals surface area contributed by atoms with Gasteiger partial charge in [-0.2, -0.15) is 0 Å². The Morgan fingerprint density at radius 2 is 1.89 bits per heavy atom. The highest BCUT2D eigenvalue weighted by molar-refractivity contribution is 5.72. The lowest BCUT2D eigenvalue weighted by Gasteiger charge is -2.34. The number of nitrogens with zero attached hydrogens (tertiary/aromatic N) is 1. The van der Waals surface area contributed by atoms with Gasteiger partial charge in [-0.15, -0.1) is 0 Å². The van der Waals surface area contributed by atoms with E-state index in [0.29, 0.717) is 19.1 Å². The van der Waals surface area contributed by atoms with E-state index >= 15 is 0 Å². The zero-order valence-electron chi connectivity index (χ0n) is 12.8. The van der Waals surface area contributed by atoms with Crippen molar-refractivity contribution >= 4 is 5.97 Å². The van der Waals surface area contributed by atoms with Crippen LogP contribution in [0.3, 0.4) is 0 Å². The fourth-order valence-corrected chi connectivity index (χ4v) is 2.67. The average Bonchev–Trinajstić information content (AvgIpc) is 2.33. The van der Waals surface area contributed by atoms with E-state index in [1.807, 2.05) is 20.8 Å². The smallest absolute Gasteiger partial charge is 0.320 e. The van der Waals surface area contributed by atoms with Crippen LogP contribution < -0.4 is 5.73 Å². The van der Waals surface area contributed by atoms with Crippen molar-refractivity contribution in [3.8, 4) is 0 Å². The number of hydrogen-bond acceptors (Lipinski definition) is 4. The third kappa shape index (κ3) is 6.92. The van der Waals surface area contributed by atoms with Crippen molar-refractivity contribution in [3.63, 3.8) is 0 Å². The molecule has 0 saturated heterocycles. The summed E-state index contributed by atoms with van der Waals surface area (Å²) in [6.45, 7) is 7.72. The number of carbonyl (C=O) groups excluding carboxylic acids is 1. The summed E-state index contributed by atoms with van der Waals surface area (Å²) in [4.78, 5) is 14.3. The van der Waals surface area contributed by atoms with E-state index in [9.17, 15) is 4.79 Å². The number of carbonyl (C=O) groups is 1. The molecule has 4 nitrogen and oxygen atoms in total. The lowest BCUT2D eigenvalue weighted by Crippen LogP contribution is -2.43. The van der Waals surface area contributed by atoms with E-state index in [4.69, 9.17) is 10.5 Å². The summed E-state index contributed by atoms with van der Waals surface area (Å²) >= 11 is 0. The van der Waals surface area contributed by atoms with Crippen LogP contribution in [0.15, 0.2) is 0 Å². The van der Waals surface area contributed by atoms with E-state index < -0.39 is 5.60 Å². The molecular formula is C15H30N2O2. The molecule has 2 N–H and O–H groups in total. The predicted molar refractivity (Wildman–Crippen MR) is 78.0 cm³/mol. The highest BCUT2D eigenvalue weighted by Gasteiger charge is 2.25. The maximum Gasteiger partial charge on any atom is 0.320 e. The third-order valence-corrected chi connectivity index (χ3v) is 3.49. The summed E-state index contributed by atoms with van der Waals surface area (Å²) in [6.07, 6.45) is 7.23. The fraction of sp³-hybridized carbons (Fsp3) is 0.933. The minimum absolute atomic E-state index is 0.116. The first-order valence-electron chi connectivity index (χ1n) is 7.58. The minimum atomic E-state index is -0.400. The molecule has 0 spiro atoms. The molecule has 1 aliphatic rings. The van der Waals surface area contributed by atoms with E-state index in [2.05, 4.69) is 4.90 Å². The SMILES string of the molecule is CC(C)(C)OC(=O)CN(CCCN)C1CCCCC1. The molecule has 0 aliphatic heterocycles. The van der Waals surface area contributed by atoms with Crippen LogP contribution in [-0.4, -0.2) is 42.1 Å². The van der Waals surface area contributed by atoms with Crippen molar-refractivity contribution in [2.45, 2.75) is 70.9 Å². The van der Waals surface area contributed by atoms with Gasteiger partial charge in [-0.1, -0.05) is 19.3 Å². The molecule has 0 aromatic heterocycles. The zero-order valence-corrected chi connectivity index (χ0v) is 12.8. The molecule has 0 atom stereocenters. The monoisotopic (exact) mass is 270 g/mol. The van der Waals surface area contributed by atoms with E-state index in [0.717, 1.165) is 13.0 Å². The van der Waals surface area contributed by atoms with Crippen LogP contribution in [0.5, 0.6) is 0 Å². The first-order chi connectivity index (χ1) is 8.92. The molecule has 1 rings (SSSR count). The van der Waals surface area contributed by atoms with Crippen LogP contribution in [-0.2, 0) is 9.53 Å². The van der Waals surface area contributed by atoms with Crippen LogP contribution in [0.25, 0.3) is 0 Å². The summed E-state index contributed by atoms with van der Waals surface area (Å²) in [5.41, 5.74) is 5.20. The van der Waals surface area contributed by atoms with Gasteiger partial charge in [0.1, 0.15) is 5.60 Å². The highest BCUT2D eigenvalue weighted by Crippen LogP contribution is 2.23. The lowest BCUT2D eigenvalue weighted by atomic mass is 9.94. The van der Waals surface area contributed by atoms with E-state index in [1.54, 1.807) is 0 Å². The molecule has 0 heterocycles. The normalized spacial score (nSPS) is 17.7. The summed E-state index contributed by atoms with van der Waals surface area (Å²) in [5.74, 6) is -0.116. The van der Waals surface area contributed by atoms with Gasteiger partial charge in [0.05, 0.1) is 6.54 Å². The number of rotatable bonds is 6. The Balaban J connectivity index is 2.50. The van der Waals surface area contributed by atoms with Crippen molar-refractivity contribution in [2.24, 2.45) is 5.73 Å². The molecule has 19 heavy (non-hydrogen) atoms. The number of ether oxygens (including phenoxy) is 1. The quantitative estimate of drug-likeness (QED) is 0.753. The minimum Gasteiger partial charge on any atom is -0.459 e. The average molecular weight is 270 g/mol. The van der Waals surface area contributed by atoms with E-state index in [1.165, 1.54) is 32.1 Å². The van der Waals surface area contributed by atoms with Crippen LogP contribution in [0, 0.1) is 0 Å².